The van der Waals surface area contributed by atoms with Crippen molar-refractivity contribution in [2.24, 2.45) is 0 Å². The van der Waals surface area contributed by atoms with Gasteiger partial charge in [-0.2, -0.15) is 0 Å². The summed E-state index contributed by atoms with van der Waals surface area (Å²) in [4.78, 5) is 1.39. The molecule has 0 bridgehead atoms. The third-order valence-corrected chi connectivity index (χ3v) is 3.57. The lowest BCUT2D eigenvalue weighted by Gasteiger charge is -2.27. The van der Waals surface area contributed by atoms with Crippen LogP contribution < -0.4 is 5.32 Å². The number of hydrogen-bond donors (Lipinski definition) is 1. The Morgan fingerprint density at radius 2 is 2.08 bits per heavy atom. The third-order valence-electron chi connectivity index (χ3n) is 2.40. The maximum Gasteiger partial charge on any atom is 0.0173 e. The molecule has 1 heterocycles. The van der Waals surface area contributed by atoms with Gasteiger partial charge < -0.3 is 5.32 Å². The average Bonchev–Trinajstić information content (AvgIpc) is 2.05. The zero-order valence-electron chi connectivity index (χ0n) is 7.92. The second kappa shape index (κ2) is 4.16. The van der Waals surface area contributed by atoms with Crippen LogP contribution in [0.2, 0.25) is 0 Å². The van der Waals surface area contributed by atoms with E-state index in [0.717, 1.165) is 6.04 Å². The standard InChI is InChI=1S/C11H15NS/c1-9-2-4-11(5-3-9)13-8-10-6-7-12-10/h2-5,10,12H,6-8H2,1H3. The molecule has 1 aromatic rings. The Kier molecular flexibility index (Phi) is 2.91. The summed E-state index contributed by atoms with van der Waals surface area (Å²) >= 11 is 1.95. The van der Waals surface area contributed by atoms with Crippen molar-refractivity contribution in [3.8, 4) is 0 Å². The van der Waals surface area contributed by atoms with Gasteiger partial charge in [-0.15, -0.1) is 11.8 Å². The Hall–Kier alpha value is -0.470. The fourth-order valence-electron chi connectivity index (χ4n) is 1.32. The minimum absolute atomic E-state index is 0.756. The summed E-state index contributed by atoms with van der Waals surface area (Å²) < 4.78 is 0. The molecular weight excluding hydrogens is 178 g/mol. The van der Waals surface area contributed by atoms with Crippen molar-refractivity contribution in [3.63, 3.8) is 0 Å². The van der Waals surface area contributed by atoms with Crippen LogP contribution in [-0.4, -0.2) is 18.3 Å². The Morgan fingerprint density at radius 3 is 2.62 bits per heavy atom. The van der Waals surface area contributed by atoms with Gasteiger partial charge >= 0.3 is 0 Å². The highest BCUT2D eigenvalue weighted by Gasteiger charge is 2.15. The molecule has 13 heavy (non-hydrogen) atoms. The summed E-state index contributed by atoms with van der Waals surface area (Å²) in [6.45, 7) is 3.33. The van der Waals surface area contributed by atoms with Gasteiger partial charge in [-0.25, -0.2) is 0 Å². The number of aryl methyl sites for hydroxylation is 1. The normalized spacial score (nSPS) is 21.2. The van der Waals surface area contributed by atoms with Crippen molar-refractivity contribution >= 4 is 11.8 Å². The van der Waals surface area contributed by atoms with Crippen LogP contribution >= 0.6 is 11.8 Å². The van der Waals surface area contributed by atoms with Crippen LogP contribution in [0.25, 0.3) is 0 Å². The molecule has 1 aliphatic heterocycles. The van der Waals surface area contributed by atoms with Crippen LogP contribution in [0.3, 0.4) is 0 Å². The fraction of sp³-hybridized carbons (Fsp3) is 0.455. The number of thioether (sulfide) groups is 1. The lowest BCUT2D eigenvalue weighted by Crippen LogP contribution is -2.44. The maximum absolute atomic E-state index is 3.41. The van der Waals surface area contributed by atoms with E-state index < -0.39 is 0 Å². The van der Waals surface area contributed by atoms with E-state index >= 15 is 0 Å². The Balaban J connectivity index is 1.83. The van der Waals surface area contributed by atoms with Crippen LogP contribution in [0.1, 0.15) is 12.0 Å². The van der Waals surface area contributed by atoms with Gasteiger partial charge in [0.05, 0.1) is 0 Å². The van der Waals surface area contributed by atoms with E-state index in [0.29, 0.717) is 0 Å². The predicted molar refractivity (Wildman–Crippen MR) is 58.3 cm³/mol. The van der Waals surface area contributed by atoms with Gasteiger partial charge in [0.15, 0.2) is 0 Å². The molecule has 2 rings (SSSR count). The van der Waals surface area contributed by atoms with Crippen LogP contribution in [0, 0.1) is 6.92 Å². The van der Waals surface area contributed by atoms with E-state index in [1.807, 2.05) is 11.8 Å². The second-order valence-corrected chi connectivity index (χ2v) is 4.66. The minimum Gasteiger partial charge on any atom is -0.313 e. The van der Waals surface area contributed by atoms with Gasteiger partial charge in [0, 0.05) is 16.7 Å². The fourth-order valence-corrected chi connectivity index (χ4v) is 2.33. The molecule has 70 valence electrons. The summed E-state index contributed by atoms with van der Waals surface area (Å²) in [6.07, 6.45) is 1.35. The number of hydrogen-bond acceptors (Lipinski definition) is 2. The Bertz CT molecular complexity index is 264. The molecule has 1 nitrogen and oxygen atoms in total. The second-order valence-electron chi connectivity index (χ2n) is 3.56. The van der Waals surface area contributed by atoms with E-state index in [1.54, 1.807) is 0 Å². The number of nitrogens with one attached hydrogen (secondary N) is 1. The van der Waals surface area contributed by atoms with Crippen molar-refractivity contribution in [1.82, 2.24) is 5.32 Å². The number of benzene rings is 1. The lowest BCUT2D eigenvalue weighted by molar-refractivity contribution is 0.405. The van der Waals surface area contributed by atoms with Gasteiger partial charge in [-0.1, -0.05) is 17.7 Å². The van der Waals surface area contributed by atoms with Gasteiger partial charge in [0.1, 0.15) is 0 Å². The molecule has 0 aromatic heterocycles. The van der Waals surface area contributed by atoms with Crippen LogP contribution in [-0.2, 0) is 0 Å². The summed E-state index contributed by atoms with van der Waals surface area (Å²) in [5, 5.41) is 3.41. The quantitative estimate of drug-likeness (QED) is 0.740. The molecule has 1 aromatic carbocycles. The first-order valence-electron chi connectivity index (χ1n) is 4.77. The topological polar surface area (TPSA) is 12.0 Å². The first-order chi connectivity index (χ1) is 6.34. The smallest absolute Gasteiger partial charge is 0.0173 e. The van der Waals surface area contributed by atoms with E-state index in [-0.39, 0.29) is 0 Å². The molecule has 1 atom stereocenters. The Morgan fingerprint density at radius 1 is 1.38 bits per heavy atom. The summed E-state index contributed by atoms with van der Waals surface area (Å²) in [7, 11) is 0. The van der Waals surface area contributed by atoms with Gasteiger partial charge in [-0.05, 0) is 32.0 Å². The molecule has 0 amide bonds. The summed E-state index contributed by atoms with van der Waals surface area (Å²) in [6, 6.07) is 9.52. The largest absolute Gasteiger partial charge is 0.313 e. The van der Waals surface area contributed by atoms with Crippen LogP contribution in [0.4, 0.5) is 0 Å². The highest BCUT2D eigenvalue weighted by Crippen LogP contribution is 2.21. The predicted octanol–water partition coefficient (Wildman–Crippen LogP) is 2.45. The first kappa shape index (κ1) is 9.10. The van der Waals surface area contributed by atoms with Crippen LogP contribution in [0.5, 0.6) is 0 Å². The highest BCUT2D eigenvalue weighted by atomic mass is 32.2. The van der Waals surface area contributed by atoms with Gasteiger partial charge in [-0.3, -0.25) is 0 Å². The highest BCUT2D eigenvalue weighted by molar-refractivity contribution is 7.99. The molecule has 1 unspecified atom stereocenters. The SMILES string of the molecule is Cc1ccc(SCC2CCN2)cc1. The van der Waals surface area contributed by atoms with E-state index in [1.165, 1.54) is 29.2 Å². The van der Waals surface area contributed by atoms with E-state index in [2.05, 4.69) is 36.5 Å². The summed E-state index contributed by atoms with van der Waals surface area (Å²) in [5.74, 6) is 1.21. The third kappa shape index (κ3) is 2.48. The van der Waals surface area contributed by atoms with E-state index in [9.17, 15) is 0 Å². The lowest BCUT2D eigenvalue weighted by atomic mass is 10.1. The molecule has 1 saturated heterocycles. The molecule has 0 spiro atoms. The summed E-state index contributed by atoms with van der Waals surface area (Å²) in [5.41, 5.74) is 1.34. The zero-order chi connectivity index (χ0) is 9.10. The molecule has 0 aliphatic carbocycles. The van der Waals surface area contributed by atoms with E-state index in [4.69, 9.17) is 0 Å². The van der Waals surface area contributed by atoms with Crippen molar-refractivity contribution in [2.45, 2.75) is 24.3 Å². The monoisotopic (exact) mass is 193 g/mol. The maximum atomic E-state index is 3.41. The zero-order valence-corrected chi connectivity index (χ0v) is 8.73. The van der Waals surface area contributed by atoms with Gasteiger partial charge in [0.2, 0.25) is 0 Å². The van der Waals surface area contributed by atoms with Crippen molar-refractivity contribution in [2.75, 3.05) is 12.3 Å². The molecule has 1 N–H and O–H groups in total. The molecule has 1 aliphatic rings. The van der Waals surface area contributed by atoms with Crippen molar-refractivity contribution in [1.29, 1.82) is 0 Å². The van der Waals surface area contributed by atoms with Crippen molar-refractivity contribution < 1.29 is 0 Å². The molecule has 1 fully saturated rings. The average molecular weight is 193 g/mol. The minimum atomic E-state index is 0.756. The van der Waals surface area contributed by atoms with Crippen LogP contribution in [0.15, 0.2) is 29.2 Å². The molecule has 0 saturated carbocycles. The first-order valence-corrected chi connectivity index (χ1v) is 5.76. The van der Waals surface area contributed by atoms with Crippen molar-refractivity contribution in [3.05, 3.63) is 29.8 Å². The molecule has 2 heteroatoms. The Labute approximate surface area is 83.9 Å². The number of rotatable bonds is 3. The molecule has 0 radical (unpaired) electrons. The van der Waals surface area contributed by atoms with Gasteiger partial charge in [0.25, 0.3) is 0 Å². The molecular formula is C11H15NS.